The lowest BCUT2D eigenvalue weighted by atomic mass is 10.2. The number of anilines is 1. The average Bonchev–Trinajstić information content (AvgIpc) is 2.63. The Bertz CT molecular complexity index is 974. The van der Waals surface area contributed by atoms with Crippen LogP contribution in [0.4, 0.5) is 10.5 Å². The molecule has 1 aromatic heterocycles. The van der Waals surface area contributed by atoms with Gasteiger partial charge in [-0.3, -0.25) is 18.8 Å². The van der Waals surface area contributed by atoms with Crippen molar-refractivity contribution in [3.8, 4) is 5.69 Å². The van der Waals surface area contributed by atoms with Crippen LogP contribution in [0.1, 0.15) is 23.7 Å². The first-order chi connectivity index (χ1) is 12.4. The molecule has 1 aliphatic rings. The van der Waals surface area contributed by atoms with Crippen LogP contribution in [0.2, 0.25) is 0 Å². The van der Waals surface area contributed by atoms with Crippen LogP contribution in [-0.4, -0.2) is 39.3 Å². The number of carboxylic acid groups (broad SMARTS) is 1. The van der Waals surface area contributed by atoms with Crippen LogP contribution in [0.15, 0.2) is 40.1 Å². The number of benzene rings is 1. The van der Waals surface area contributed by atoms with Gasteiger partial charge >= 0.3 is 17.7 Å². The lowest BCUT2D eigenvalue weighted by molar-refractivity contribution is 0.0693. The van der Waals surface area contributed by atoms with Gasteiger partial charge < -0.3 is 10.4 Å². The molecule has 0 bridgehead atoms. The van der Waals surface area contributed by atoms with Crippen LogP contribution in [0.5, 0.6) is 0 Å². The third-order valence-corrected chi connectivity index (χ3v) is 4.24. The summed E-state index contributed by atoms with van der Waals surface area (Å²) in [4.78, 5) is 49.3. The zero-order valence-corrected chi connectivity index (χ0v) is 14.1. The lowest BCUT2D eigenvalue weighted by Crippen LogP contribution is -2.46. The fourth-order valence-electron chi connectivity index (χ4n) is 2.88. The molecule has 1 aromatic carbocycles. The van der Waals surface area contributed by atoms with Gasteiger partial charge in [-0.15, -0.1) is 0 Å². The first-order valence-electron chi connectivity index (χ1n) is 8.19. The largest absolute Gasteiger partial charge is 0.477 e. The molecule has 0 radical (unpaired) electrons. The number of carbonyl (C=O) groups is 2. The summed E-state index contributed by atoms with van der Waals surface area (Å²) in [6.45, 7) is 2.88. The number of carboxylic acids is 1. The molecule has 2 heterocycles. The van der Waals surface area contributed by atoms with E-state index in [2.05, 4.69) is 5.32 Å². The van der Waals surface area contributed by atoms with Gasteiger partial charge in [-0.05, 0) is 37.6 Å². The molecule has 1 saturated heterocycles. The van der Waals surface area contributed by atoms with E-state index in [0.29, 0.717) is 24.5 Å². The van der Waals surface area contributed by atoms with E-state index in [1.165, 1.54) is 0 Å². The average molecular weight is 358 g/mol. The molecule has 9 nitrogen and oxygen atoms in total. The molecule has 136 valence electrons. The number of nitrogens with one attached hydrogen (secondary N) is 1. The van der Waals surface area contributed by atoms with E-state index in [1.54, 1.807) is 36.1 Å². The minimum absolute atomic E-state index is 0.0603. The number of urea groups is 1. The van der Waals surface area contributed by atoms with E-state index in [4.69, 9.17) is 0 Å². The van der Waals surface area contributed by atoms with Crippen LogP contribution in [-0.2, 0) is 6.54 Å². The molecule has 2 amide bonds. The van der Waals surface area contributed by atoms with Crippen molar-refractivity contribution in [3.63, 3.8) is 0 Å². The molecule has 3 rings (SSSR count). The Kier molecular flexibility index (Phi) is 4.61. The van der Waals surface area contributed by atoms with Gasteiger partial charge in [-0.2, -0.15) is 0 Å². The van der Waals surface area contributed by atoms with Crippen LogP contribution >= 0.6 is 0 Å². The maximum Gasteiger partial charge on any atom is 0.342 e. The van der Waals surface area contributed by atoms with Crippen LogP contribution in [0.3, 0.4) is 0 Å². The molecule has 1 aliphatic heterocycles. The van der Waals surface area contributed by atoms with Crippen molar-refractivity contribution in [2.24, 2.45) is 0 Å². The normalized spacial score (nSPS) is 14.2. The van der Waals surface area contributed by atoms with Crippen molar-refractivity contribution in [2.75, 3.05) is 18.0 Å². The highest BCUT2D eigenvalue weighted by molar-refractivity contribution is 5.92. The van der Waals surface area contributed by atoms with Crippen molar-refractivity contribution in [2.45, 2.75) is 19.9 Å². The predicted molar refractivity (Wildman–Crippen MR) is 94.3 cm³/mol. The van der Waals surface area contributed by atoms with Gasteiger partial charge in [0.2, 0.25) is 0 Å². The topological polar surface area (TPSA) is 114 Å². The Morgan fingerprint density at radius 3 is 2.38 bits per heavy atom. The highest BCUT2D eigenvalue weighted by Gasteiger charge is 2.20. The van der Waals surface area contributed by atoms with Crippen molar-refractivity contribution >= 4 is 17.7 Å². The molecule has 1 fully saturated rings. The summed E-state index contributed by atoms with van der Waals surface area (Å²) in [5.41, 5.74) is -0.859. The molecular weight excluding hydrogens is 340 g/mol. The minimum Gasteiger partial charge on any atom is -0.477 e. The fourth-order valence-corrected chi connectivity index (χ4v) is 2.88. The number of rotatable bonds is 4. The predicted octanol–water partition coefficient (Wildman–Crippen LogP) is 0.637. The standard InChI is InChI=1S/C17H18N4O5/c1-2-19-14(22)13(15(23)24)10-21(17(19)26)12-6-4-11(5-7-12)20-9-3-8-18-16(20)25/h4-7,10H,2-3,8-9H2,1H3,(H,18,25)(H,23,24). The van der Waals surface area contributed by atoms with E-state index in [9.17, 15) is 24.3 Å². The maximum atomic E-state index is 12.5. The Labute approximate surface area is 148 Å². The second kappa shape index (κ2) is 6.87. The summed E-state index contributed by atoms with van der Waals surface area (Å²) < 4.78 is 1.99. The lowest BCUT2D eigenvalue weighted by Gasteiger charge is -2.27. The molecule has 0 unspecified atom stereocenters. The Hall–Kier alpha value is -3.36. The Balaban J connectivity index is 2.05. The Morgan fingerprint density at radius 2 is 1.81 bits per heavy atom. The molecule has 9 heteroatoms. The SMILES string of the molecule is CCn1c(=O)c(C(=O)O)cn(-c2ccc(N3CCCNC3=O)cc2)c1=O. The number of aromatic nitrogens is 2. The molecular formula is C17H18N4O5. The van der Waals surface area contributed by atoms with E-state index < -0.39 is 22.8 Å². The quantitative estimate of drug-likeness (QED) is 0.832. The van der Waals surface area contributed by atoms with Crippen LogP contribution < -0.4 is 21.5 Å². The van der Waals surface area contributed by atoms with Gasteiger partial charge in [0, 0.05) is 31.5 Å². The third-order valence-electron chi connectivity index (χ3n) is 4.24. The maximum absolute atomic E-state index is 12.5. The zero-order chi connectivity index (χ0) is 18.8. The summed E-state index contributed by atoms with van der Waals surface area (Å²) in [6.07, 6.45) is 1.86. The van der Waals surface area contributed by atoms with Crippen molar-refractivity contribution in [3.05, 3.63) is 56.9 Å². The molecule has 0 aliphatic carbocycles. The summed E-state index contributed by atoms with van der Waals surface area (Å²) in [7, 11) is 0. The molecule has 2 N–H and O–H groups in total. The second-order valence-corrected chi connectivity index (χ2v) is 5.80. The molecule has 0 spiro atoms. The monoisotopic (exact) mass is 358 g/mol. The number of hydrogen-bond donors (Lipinski definition) is 2. The van der Waals surface area contributed by atoms with Crippen LogP contribution in [0.25, 0.3) is 5.69 Å². The van der Waals surface area contributed by atoms with Gasteiger partial charge in [-0.1, -0.05) is 0 Å². The van der Waals surface area contributed by atoms with Crippen molar-refractivity contribution in [1.29, 1.82) is 0 Å². The number of nitrogens with zero attached hydrogens (tertiary/aromatic N) is 3. The highest BCUT2D eigenvalue weighted by Crippen LogP contribution is 2.18. The number of hydrogen-bond acceptors (Lipinski definition) is 4. The van der Waals surface area contributed by atoms with E-state index >= 15 is 0 Å². The van der Waals surface area contributed by atoms with Crippen LogP contribution in [0, 0.1) is 0 Å². The fraction of sp³-hybridized carbons (Fsp3) is 0.294. The van der Waals surface area contributed by atoms with Gasteiger partial charge in [0.15, 0.2) is 0 Å². The first kappa shape index (κ1) is 17.5. The molecule has 2 aromatic rings. The van der Waals surface area contributed by atoms with Gasteiger partial charge in [0.05, 0.1) is 5.69 Å². The first-order valence-corrected chi connectivity index (χ1v) is 8.19. The molecule has 0 atom stereocenters. The smallest absolute Gasteiger partial charge is 0.342 e. The summed E-state index contributed by atoms with van der Waals surface area (Å²) >= 11 is 0. The number of amides is 2. The van der Waals surface area contributed by atoms with Crippen molar-refractivity contribution in [1.82, 2.24) is 14.5 Å². The zero-order valence-electron chi connectivity index (χ0n) is 14.1. The number of aromatic carboxylic acids is 1. The second-order valence-electron chi connectivity index (χ2n) is 5.80. The number of carbonyl (C=O) groups excluding carboxylic acids is 1. The minimum atomic E-state index is -1.40. The third kappa shape index (κ3) is 2.99. The Morgan fingerprint density at radius 1 is 1.15 bits per heavy atom. The molecule has 26 heavy (non-hydrogen) atoms. The van der Waals surface area contributed by atoms with E-state index in [0.717, 1.165) is 21.8 Å². The highest BCUT2D eigenvalue weighted by atomic mass is 16.4. The van der Waals surface area contributed by atoms with Gasteiger partial charge in [0.25, 0.3) is 5.56 Å². The molecule has 0 saturated carbocycles. The van der Waals surface area contributed by atoms with Gasteiger partial charge in [-0.25, -0.2) is 14.4 Å². The summed E-state index contributed by atoms with van der Waals surface area (Å²) in [6, 6.07) is 6.38. The summed E-state index contributed by atoms with van der Waals surface area (Å²) in [5.74, 6) is -1.40. The summed E-state index contributed by atoms with van der Waals surface area (Å²) in [5, 5.41) is 12.0. The van der Waals surface area contributed by atoms with Crippen molar-refractivity contribution < 1.29 is 14.7 Å². The van der Waals surface area contributed by atoms with Gasteiger partial charge in [0.1, 0.15) is 5.56 Å². The van der Waals surface area contributed by atoms with E-state index in [1.807, 2.05) is 0 Å². The van der Waals surface area contributed by atoms with E-state index in [-0.39, 0.29) is 12.6 Å².